The maximum atomic E-state index is 14.1. The van der Waals surface area contributed by atoms with E-state index in [1.54, 1.807) is 33.9 Å². The Morgan fingerprint density at radius 2 is 1.70 bits per heavy atom. The molecule has 0 saturated carbocycles. The monoisotopic (exact) mass is 564 g/mol. The molecule has 4 aromatic rings. The van der Waals surface area contributed by atoms with Crippen LogP contribution in [0.1, 0.15) is 44.6 Å². The second-order valence-corrected chi connectivity index (χ2v) is 12.7. The van der Waals surface area contributed by atoms with Crippen molar-refractivity contribution in [1.82, 2.24) is 28.8 Å². The molecule has 9 nitrogen and oxygen atoms in total. The molecule has 0 spiro atoms. The van der Waals surface area contributed by atoms with Gasteiger partial charge in [-0.3, -0.25) is 9.48 Å². The minimum atomic E-state index is -3.72. The van der Waals surface area contributed by atoms with E-state index in [0.29, 0.717) is 19.4 Å². The van der Waals surface area contributed by atoms with Crippen LogP contribution in [0, 0.1) is 5.82 Å². The Morgan fingerprint density at radius 1 is 0.975 bits per heavy atom. The van der Waals surface area contributed by atoms with Crippen LogP contribution in [0.25, 0.3) is 16.6 Å². The molecule has 2 aliphatic rings. The normalized spacial score (nSPS) is 18.0. The van der Waals surface area contributed by atoms with Crippen molar-refractivity contribution in [1.29, 1.82) is 0 Å². The standard InChI is InChI=1S/C29H33FN6O3S/c1-2-13-34-21-26(20-31-34)40(38,39)35-16-11-29(12-17-35,28(37)33-14-3-4-15-33)23-5-10-27-22(18-23)19-32-36(27)25-8-6-24(30)7-9-25/h5-10,18-21H,2-4,11-17H2,1H3. The number of aryl methyl sites for hydroxylation is 1. The molecule has 0 unspecified atom stereocenters. The summed E-state index contributed by atoms with van der Waals surface area (Å²) in [4.78, 5) is 16.2. The number of amides is 1. The maximum absolute atomic E-state index is 14.1. The van der Waals surface area contributed by atoms with Crippen molar-refractivity contribution >= 4 is 26.8 Å². The summed E-state index contributed by atoms with van der Waals surface area (Å²) < 4.78 is 45.3. The first kappa shape index (κ1) is 26.6. The fourth-order valence-electron chi connectivity index (χ4n) is 6.05. The lowest BCUT2D eigenvalue weighted by atomic mass is 9.71. The van der Waals surface area contributed by atoms with Gasteiger partial charge in [-0.1, -0.05) is 13.0 Å². The molecule has 2 saturated heterocycles. The van der Waals surface area contributed by atoms with Gasteiger partial charge in [-0.05, 0) is 74.1 Å². The van der Waals surface area contributed by atoms with Crippen LogP contribution in [-0.4, -0.2) is 69.3 Å². The van der Waals surface area contributed by atoms with Gasteiger partial charge in [0.1, 0.15) is 10.7 Å². The third kappa shape index (κ3) is 4.60. The van der Waals surface area contributed by atoms with Gasteiger partial charge in [0.05, 0.1) is 29.0 Å². The molecule has 0 aliphatic carbocycles. The highest BCUT2D eigenvalue weighted by molar-refractivity contribution is 7.89. The van der Waals surface area contributed by atoms with Gasteiger partial charge in [-0.2, -0.15) is 14.5 Å². The number of likely N-dealkylation sites (tertiary alicyclic amines) is 1. The molecule has 2 aromatic heterocycles. The maximum Gasteiger partial charge on any atom is 0.246 e. The van der Waals surface area contributed by atoms with Gasteiger partial charge in [-0.25, -0.2) is 17.5 Å². The number of hydrogen-bond donors (Lipinski definition) is 0. The first-order valence-electron chi connectivity index (χ1n) is 13.9. The number of benzene rings is 2. The second kappa shape index (κ2) is 10.4. The van der Waals surface area contributed by atoms with Crippen LogP contribution < -0.4 is 0 Å². The number of rotatable bonds is 7. The molecule has 2 aliphatic heterocycles. The predicted molar refractivity (Wildman–Crippen MR) is 149 cm³/mol. The number of sulfonamides is 1. The zero-order valence-electron chi connectivity index (χ0n) is 22.5. The molecule has 210 valence electrons. The lowest BCUT2D eigenvalue weighted by Gasteiger charge is -2.42. The van der Waals surface area contributed by atoms with E-state index in [-0.39, 0.29) is 29.7 Å². The average Bonchev–Trinajstić information content (AvgIpc) is 3.75. The summed E-state index contributed by atoms with van der Waals surface area (Å²) in [5.41, 5.74) is 1.65. The lowest BCUT2D eigenvalue weighted by molar-refractivity contribution is -0.138. The van der Waals surface area contributed by atoms with Gasteiger partial charge in [0, 0.05) is 44.3 Å². The quantitative estimate of drug-likeness (QED) is 0.337. The predicted octanol–water partition coefficient (Wildman–Crippen LogP) is 4.12. The van der Waals surface area contributed by atoms with Crippen molar-refractivity contribution in [3.05, 3.63) is 72.4 Å². The van der Waals surface area contributed by atoms with Crippen molar-refractivity contribution in [2.24, 2.45) is 0 Å². The Labute approximate surface area is 233 Å². The molecule has 2 fully saturated rings. The zero-order chi connectivity index (χ0) is 27.9. The molecule has 6 rings (SSSR count). The second-order valence-electron chi connectivity index (χ2n) is 10.7. The first-order chi connectivity index (χ1) is 19.3. The summed E-state index contributed by atoms with van der Waals surface area (Å²) in [6.07, 6.45) is 8.35. The van der Waals surface area contributed by atoms with E-state index in [9.17, 15) is 17.6 Å². The number of carbonyl (C=O) groups is 1. The molecule has 0 N–H and O–H groups in total. The SMILES string of the molecule is CCCn1cc(S(=O)(=O)N2CCC(C(=O)N3CCCC3)(c3ccc4c(cnn4-c4ccc(F)cc4)c3)CC2)cn1. The molecule has 2 aromatic carbocycles. The van der Waals surface area contributed by atoms with Crippen LogP contribution in [-0.2, 0) is 26.8 Å². The highest BCUT2D eigenvalue weighted by Crippen LogP contribution is 2.41. The highest BCUT2D eigenvalue weighted by atomic mass is 32.2. The summed E-state index contributed by atoms with van der Waals surface area (Å²) in [5, 5.41) is 9.60. The highest BCUT2D eigenvalue weighted by Gasteiger charge is 2.47. The Hall–Kier alpha value is -3.57. The van der Waals surface area contributed by atoms with Crippen LogP contribution in [0.15, 0.2) is 66.0 Å². The van der Waals surface area contributed by atoms with Crippen LogP contribution in [0.2, 0.25) is 0 Å². The summed E-state index contributed by atoms with van der Waals surface area (Å²) in [7, 11) is -3.72. The van der Waals surface area contributed by atoms with Gasteiger partial charge in [0.25, 0.3) is 0 Å². The fraction of sp³-hybridized carbons (Fsp3) is 0.414. The van der Waals surface area contributed by atoms with E-state index in [1.807, 2.05) is 30.0 Å². The molecule has 1 amide bonds. The number of hydrogen-bond acceptors (Lipinski definition) is 5. The van der Waals surface area contributed by atoms with E-state index in [4.69, 9.17) is 0 Å². The Morgan fingerprint density at radius 3 is 2.40 bits per heavy atom. The smallest absolute Gasteiger partial charge is 0.246 e. The molecule has 4 heterocycles. The van der Waals surface area contributed by atoms with Crippen LogP contribution >= 0.6 is 0 Å². The largest absolute Gasteiger partial charge is 0.342 e. The number of fused-ring (bicyclic) bond motifs is 1. The third-order valence-corrected chi connectivity index (χ3v) is 10.1. The molecular formula is C29H33FN6O3S. The van der Waals surface area contributed by atoms with E-state index in [1.165, 1.54) is 22.6 Å². The van der Waals surface area contributed by atoms with Crippen molar-refractivity contribution in [3.63, 3.8) is 0 Å². The van der Waals surface area contributed by atoms with E-state index >= 15 is 0 Å². The van der Waals surface area contributed by atoms with Crippen molar-refractivity contribution in [2.75, 3.05) is 26.2 Å². The summed E-state index contributed by atoms with van der Waals surface area (Å²) >= 11 is 0. The number of carbonyl (C=O) groups excluding carboxylic acids is 1. The zero-order valence-corrected chi connectivity index (χ0v) is 23.4. The van der Waals surface area contributed by atoms with Gasteiger partial charge in [0.2, 0.25) is 15.9 Å². The Balaban J connectivity index is 1.32. The number of aromatic nitrogens is 4. The molecule has 0 radical (unpaired) electrons. The van der Waals surface area contributed by atoms with Gasteiger partial charge >= 0.3 is 0 Å². The molecule has 0 bridgehead atoms. The van der Waals surface area contributed by atoms with Crippen LogP contribution in [0.3, 0.4) is 0 Å². The number of nitrogens with zero attached hydrogens (tertiary/aromatic N) is 6. The van der Waals surface area contributed by atoms with E-state index < -0.39 is 15.4 Å². The third-order valence-electron chi connectivity index (χ3n) is 8.27. The molecule has 0 atom stereocenters. The minimum absolute atomic E-state index is 0.0723. The molecular weight excluding hydrogens is 531 g/mol. The van der Waals surface area contributed by atoms with Crippen LogP contribution in [0.5, 0.6) is 0 Å². The van der Waals surface area contributed by atoms with Crippen molar-refractivity contribution < 1.29 is 17.6 Å². The number of piperidine rings is 1. The fourth-order valence-corrected chi connectivity index (χ4v) is 7.45. The van der Waals surface area contributed by atoms with Gasteiger partial charge < -0.3 is 4.90 Å². The Bertz CT molecular complexity index is 1630. The topological polar surface area (TPSA) is 93.3 Å². The van der Waals surface area contributed by atoms with Gasteiger partial charge in [-0.15, -0.1) is 0 Å². The summed E-state index contributed by atoms with van der Waals surface area (Å²) in [6, 6.07) is 12.1. The Kier molecular flexibility index (Phi) is 6.95. The van der Waals surface area contributed by atoms with Crippen molar-refractivity contribution in [2.45, 2.75) is 55.9 Å². The van der Waals surface area contributed by atoms with Gasteiger partial charge in [0.15, 0.2) is 0 Å². The van der Waals surface area contributed by atoms with E-state index in [0.717, 1.165) is 54.5 Å². The number of halogens is 1. The summed E-state index contributed by atoms with van der Waals surface area (Å²) in [5.74, 6) is -0.240. The first-order valence-corrected chi connectivity index (χ1v) is 15.3. The van der Waals surface area contributed by atoms with E-state index in [2.05, 4.69) is 10.2 Å². The lowest BCUT2D eigenvalue weighted by Crippen LogP contribution is -2.53. The van der Waals surface area contributed by atoms with Crippen molar-refractivity contribution in [3.8, 4) is 5.69 Å². The average molecular weight is 565 g/mol. The van der Waals surface area contributed by atoms with Crippen LogP contribution in [0.4, 0.5) is 4.39 Å². The summed E-state index contributed by atoms with van der Waals surface area (Å²) in [6.45, 7) is 4.61. The minimum Gasteiger partial charge on any atom is -0.342 e. The molecule has 40 heavy (non-hydrogen) atoms. The molecule has 11 heteroatoms.